The van der Waals surface area contributed by atoms with Gasteiger partial charge in [-0.1, -0.05) is 145 Å². The average Bonchev–Trinajstić information content (AvgIpc) is 0.711. The molecular formula is C84H84O18. The van der Waals surface area contributed by atoms with Gasteiger partial charge in [-0.15, -0.1) is 0 Å². The normalized spacial score (nSPS) is 23.1. The maximum absolute atomic E-state index is 11.7. The fraction of sp³-hybridized carbons (Fsp3) is 0.214. The standard InChI is InChI=1S/6C14H14O3/c6*1-9(14(15)16)10-3-4-12-8-13(17-2)6-5-11(12)7-10/h6*3-9H,1-2H3,(H,15,16)/i1D3,2D3,3D,4D,5D,6D,7D,8D,9D;2D3,3D,4D,5D,6D,7D,8D,9D;1D3,3D,4D,5D,6D,7D,8D,9D;1D3,2D3,3D,4D,5D,6D,7D,8D;2D3,3D,4D,5D,6D,7D,8D;1D3,3D,4D,5D,6D,7D,8D. The van der Waals surface area contributed by atoms with Crippen LogP contribution >= 0.6 is 0 Å². The highest BCUT2D eigenvalue weighted by molar-refractivity contribution is 5.92. The predicted molar refractivity (Wildman–Crippen MR) is 399 cm³/mol. The first-order chi connectivity index (χ1) is 74.4. The van der Waals surface area contributed by atoms with Crippen LogP contribution in [0.25, 0.3) is 64.6 Å². The molecule has 12 aromatic carbocycles. The Labute approximate surface area is 680 Å². The van der Waals surface area contributed by atoms with E-state index in [0.717, 1.165) is 21.1 Å². The van der Waals surface area contributed by atoms with E-state index in [0.29, 0.717) is 0 Å². The molecule has 6 atom stereocenters. The number of methoxy groups -OCH3 is 6. The van der Waals surface area contributed by atoms with Gasteiger partial charge in [-0.2, -0.15) is 0 Å². The molecule has 18 nitrogen and oxygen atoms in total. The molecule has 0 heterocycles. The molecule has 0 saturated carbocycles. The van der Waals surface area contributed by atoms with Crippen molar-refractivity contribution in [2.24, 2.45) is 0 Å². The van der Waals surface area contributed by atoms with E-state index < -0.39 is 449 Å². The van der Waals surface area contributed by atoms with Crippen molar-refractivity contribution in [1.82, 2.24) is 0 Å². The summed E-state index contributed by atoms with van der Waals surface area (Å²) in [6, 6.07) is -28.7. The molecule has 12 rings (SSSR count). The molecule has 0 aliphatic heterocycles. The molecule has 12 aromatic rings. The molecule has 528 valence electrons. The Balaban J connectivity index is 0.000000266. The number of carbonyl (C=O) groups is 6. The van der Waals surface area contributed by atoms with Crippen LogP contribution in [0.15, 0.2) is 218 Å². The molecular weight excluding hydrogens is 1300 g/mol. The Kier molecular flexibility index (Phi) is 9.93. The van der Waals surface area contributed by atoms with E-state index in [-0.39, 0.29) is 27.8 Å². The lowest BCUT2D eigenvalue weighted by molar-refractivity contribution is -0.139. The van der Waals surface area contributed by atoms with E-state index >= 15 is 0 Å². The van der Waals surface area contributed by atoms with E-state index in [1.54, 1.807) is 0 Å². The predicted octanol–water partition coefficient (Wildman–Crippen LogP) is 18.2. The monoisotopic (exact) mass is 1440 g/mol. The van der Waals surface area contributed by atoms with Gasteiger partial charge in [-0.3, -0.25) is 28.8 Å². The lowest BCUT2D eigenvalue weighted by atomic mass is 9.98. The fourth-order valence-electron chi connectivity index (χ4n) is 7.23. The Morgan fingerprint density at radius 3 is 0.667 bits per heavy atom. The summed E-state index contributed by atoms with van der Waals surface area (Å²) in [5.41, 5.74) is -4.87. The summed E-state index contributed by atoms with van der Waals surface area (Å²) < 4.78 is 516. The van der Waals surface area contributed by atoms with E-state index in [1.807, 2.05) is 0 Å². The van der Waals surface area contributed by atoms with Crippen molar-refractivity contribution in [3.8, 4) is 34.5 Å². The van der Waals surface area contributed by atoms with Crippen LogP contribution < -0.4 is 28.4 Å². The van der Waals surface area contributed by atoms with E-state index in [2.05, 4.69) is 18.9 Å². The van der Waals surface area contributed by atoms with Gasteiger partial charge in [-0.25, -0.2) is 0 Å². The Hall–Kier alpha value is -12.2. The van der Waals surface area contributed by atoms with Crippen LogP contribution in [0, 0.1) is 0 Å². The van der Waals surface area contributed by atoms with Crippen molar-refractivity contribution in [3.63, 3.8) is 0 Å². The lowest BCUT2D eigenvalue weighted by Crippen LogP contribution is -2.06. The molecule has 0 aliphatic carbocycles. The average molecular weight is 1440 g/mol. The second-order valence-electron chi connectivity index (χ2n) is 19.1. The van der Waals surface area contributed by atoms with Gasteiger partial charge in [-0.05, 0) is 212 Å². The zero-order valence-electron chi connectivity index (χ0n) is 115. The number of hydrogen-bond donors (Lipinski definition) is 6. The molecule has 0 bridgehead atoms. The van der Waals surface area contributed by atoms with Gasteiger partial charge in [0.05, 0.1) is 144 Å². The van der Waals surface area contributed by atoms with E-state index in [1.165, 1.54) is 6.92 Å². The number of fused-ring (bicyclic) bond motifs is 6. The minimum absolute atomic E-state index is 0.313. The second kappa shape index (κ2) is 36.1. The van der Waals surface area contributed by atoms with Gasteiger partial charge >= 0.3 is 35.8 Å². The van der Waals surface area contributed by atoms with Crippen LogP contribution in [-0.4, -0.2) is 109 Å². The summed E-state index contributed by atoms with van der Waals surface area (Å²) in [6.45, 7) is -11.2. The van der Waals surface area contributed by atoms with Gasteiger partial charge < -0.3 is 59.1 Å². The highest BCUT2D eigenvalue weighted by Crippen LogP contribution is 2.32. The number of aliphatic carboxylic acids is 6. The SMILES string of the molecule is [2H]c1c(C(C(=O)O)C([2H])([2H])[2H])c([2H])c2c([2H])c([2H])c(OC([2H])([2H])[2H])c([2H])c2c1[2H].[2H]c1c(C(C(=O)O)C([2H])([2H])[2H])c([2H])c2c([2H])c([2H])c(OC)c([2H])c2c1[2H].[2H]c1c(C(C)C(=O)O)c([2H])c2c([2H])c([2H])c(OC([2H])([2H])[2H])c([2H])c2c1[2H].[2H]c1c(C([2H])(C(=O)O)C([2H])([2H])[2H])c([2H])c2c([2H])c([2H])c(OC([2H])([2H])[2H])c([2H])c2c1[2H].[2H]c1c(C([2H])(C(=O)O)C([2H])([2H])[2H])c([2H])c2c([2H])c([2H])c(OC)c([2H])c2c1[2H].[2H]c1c(C([2H])(C)C(=O)O)c([2H])c2c([2H])c([2H])c(OC([2H])([2H])[2H])c([2H])c2c1[2H]. The molecule has 18 heteroatoms. The smallest absolute Gasteiger partial charge is 0.310 e. The van der Waals surface area contributed by atoms with E-state index in [4.69, 9.17) is 101 Å². The zero-order valence-corrected chi connectivity index (χ0v) is 51.8. The van der Waals surface area contributed by atoms with Crippen molar-refractivity contribution in [1.29, 1.82) is 0 Å². The van der Waals surface area contributed by atoms with E-state index in [9.17, 15) is 54.3 Å². The summed E-state index contributed by atoms with van der Waals surface area (Å²) >= 11 is 0. The highest BCUT2D eigenvalue weighted by Gasteiger charge is 2.19. The number of carboxylic acids is 6. The first kappa shape index (κ1) is 28.1. The number of ether oxygens (including phenoxy) is 6. The Morgan fingerprint density at radius 2 is 0.461 bits per heavy atom. The third kappa shape index (κ3) is 20.5. The number of hydrogen-bond acceptors (Lipinski definition) is 12. The molecule has 6 unspecified atom stereocenters. The second-order valence-corrected chi connectivity index (χ2v) is 19.1. The van der Waals surface area contributed by atoms with Crippen molar-refractivity contribution in [2.75, 3.05) is 42.4 Å². The molecule has 102 heavy (non-hydrogen) atoms. The number of rotatable bonds is 18. The summed E-state index contributed by atoms with van der Waals surface area (Å²) in [5.74, 6) is -30.5. The minimum Gasteiger partial charge on any atom is -0.497 e. The largest absolute Gasteiger partial charge is 0.497 e. The third-order valence-electron chi connectivity index (χ3n) is 12.5. The maximum atomic E-state index is 11.7. The molecule has 0 fully saturated rings. The van der Waals surface area contributed by atoms with Crippen LogP contribution in [-0.2, 0) is 28.8 Å². The molecule has 0 spiro atoms. The fourth-order valence-corrected chi connectivity index (χ4v) is 7.23. The van der Waals surface area contributed by atoms with Gasteiger partial charge in [0.1, 0.15) is 34.5 Å². The molecule has 0 saturated heterocycles. The van der Waals surface area contributed by atoms with Crippen LogP contribution in [0.4, 0.5) is 0 Å². The quantitative estimate of drug-likeness (QED) is 0.0466. The number of carboxylic acid groups (broad SMARTS) is 6. The Morgan fingerprint density at radius 1 is 0.265 bits per heavy atom. The molecule has 0 aliphatic rings. The summed E-state index contributed by atoms with van der Waals surface area (Å²) in [5, 5.41) is 49.7. The molecule has 0 amide bonds. The van der Waals surface area contributed by atoms with Gasteiger partial charge in [0.2, 0.25) is 0 Å². The van der Waals surface area contributed by atoms with Crippen molar-refractivity contribution >= 4 is 100 Å². The first-order valence-corrected chi connectivity index (χ1v) is 27.3. The van der Waals surface area contributed by atoms with Crippen molar-refractivity contribution in [2.45, 2.75) is 76.7 Å². The number of benzene rings is 12. The minimum atomic E-state index is -3.58. The van der Waals surface area contributed by atoms with Gasteiger partial charge in [0.15, 0.2) is 0 Å². The summed E-state index contributed by atoms with van der Waals surface area (Å²) in [7, 11) is -9.96. The van der Waals surface area contributed by atoms with Gasteiger partial charge in [0.25, 0.3) is 0 Å². The summed E-state index contributed by atoms with van der Waals surface area (Å²) in [4.78, 5) is 69.0. The van der Waals surface area contributed by atoms with Crippen LogP contribution in [0.5, 0.6) is 34.5 Å². The van der Waals surface area contributed by atoms with Crippen LogP contribution in [0.1, 0.15) is 196 Å². The maximum Gasteiger partial charge on any atom is 0.310 e. The van der Waals surface area contributed by atoms with Gasteiger partial charge in [0, 0.05) is 20.6 Å². The topological polar surface area (TPSA) is 279 Å². The van der Waals surface area contributed by atoms with Crippen LogP contribution in [0.3, 0.4) is 0 Å². The van der Waals surface area contributed by atoms with Crippen molar-refractivity contribution in [3.05, 3.63) is 251 Å². The third-order valence-corrected chi connectivity index (χ3v) is 12.5. The van der Waals surface area contributed by atoms with Crippen LogP contribution in [0.2, 0.25) is 0 Å². The van der Waals surface area contributed by atoms with Crippen molar-refractivity contribution < 1.29 is 174 Å². The molecule has 0 radical (unpaired) electrons. The lowest BCUT2D eigenvalue weighted by Gasteiger charge is -2.08. The first-order valence-electron chi connectivity index (χ1n) is 58.8. The highest BCUT2D eigenvalue weighted by atomic mass is 16.5. The molecule has 6 N–H and O–H groups in total. The zero-order chi connectivity index (χ0) is 129. The molecule has 0 aromatic heterocycles. The summed E-state index contributed by atoms with van der Waals surface area (Å²) in [6.07, 6.45) is 0. The Bertz CT molecular complexity index is 8290.